The fourth-order valence-corrected chi connectivity index (χ4v) is 1.33. The van der Waals surface area contributed by atoms with Crippen molar-refractivity contribution in [3.05, 3.63) is 29.6 Å². The molecule has 0 heterocycles. The summed E-state index contributed by atoms with van der Waals surface area (Å²) in [6.45, 7) is 6.71. The quantitative estimate of drug-likeness (QED) is 0.852. The van der Waals surface area contributed by atoms with Crippen LogP contribution in [0.5, 0.6) is 5.75 Å². The van der Waals surface area contributed by atoms with E-state index < -0.39 is 11.7 Å². The molecule has 0 radical (unpaired) electrons. The summed E-state index contributed by atoms with van der Waals surface area (Å²) in [4.78, 5) is 11.6. The Morgan fingerprint density at radius 2 is 2.06 bits per heavy atom. The van der Waals surface area contributed by atoms with Crippen LogP contribution in [-0.4, -0.2) is 17.6 Å². The third kappa shape index (κ3) is 4.43. The van der Waals surface area contributed by atoms with Crippen molar-refractivity contribution in [2.75, 3.05) is 6.54 Å². The third-order valence-corrected chi connectivity index (χ3v) is 2.36. The molecule has 17 heavy (non-hydrogen) atoms. The fourth-order valence-electron chi connectivity index (χ4n) is 1.33. The zero-order valence-electron chi connectivity index (χ0n) is 10.4. The molecule has 4 heteroatoms. The van der Waals surface area contributed by atoms with Crippen molar-refractivity contribution < 1.29 is 14.3 Å². The SMILES string of the molecule is CC(C)(C)CCNC(=O)c1ccc(O)cc1F. The van der Waals surface area contributed by atoms with E-state index in [4.69, 9.17) is 5.11 Å². The van der Waals surface area contributed by atoms with E-state index in [2.05, 4.69) is 26.1 Å². The van der Waals surface area contributed by atoms with Gasteiger partial charge in [-0.05, 0) is 24.0 Å². The van der Waals surface area contributed by atoms with Gasteiger partial charge in [0.05, 0.1) is 5.56 Å². The number of carbonyl (C=O) groups excluding carboxylic acids is 1. The molecule has 0 spiro atoms. The van der Waals surface area contributed by atoms with Gasteiger partial charge in [-0.1, -0.05) is 20.8 Å². The van der Waals surface area contributed by atoms with Crippen LogP contribution in [0.3, 0.4) is 0 Å². The molecule has 0 aromatic heterocycles. The van der Waals surface area contributed by atoms with Crippen LogP contribution < -0.4 is 5.32 Å². The average molecular weight is 239 g/mol. The molecule has 0 aliphatic rings. The maximum absolute atomic E-state index is 13.3. The topological polar surface area (TPSA) is 49.3 Å². The number of amides is 1. The predicted molar refractivity (Wildman–Crippen MR) is 64.5 cm³/mol. The minimum Gasteiger partial charge on any atom is -0.508 e. The van der Waals surface area contributed by atoms with E-state index in [1.54, 1.807) is 0 Å². The first-order valence-electron chi connectivity index (χ1n) is 5.56. The summed E-state index contributed by atoms with van der Waals surface area (Å²) < 4.78 is 13.3. The lowest BCUT2D eigenvalue weighted by molar-refractivity contribution is 0.0945. The first-order chi connectivity index (χ1) is 7.79. The van der Waals surface area contributed by atoms with E-state index in [0.29, 0.717) is 6.54 Å². The van der Waals surface area contributed by atoms with Crippen molar-refractivity contribution in [1.29, 1.82) is 0 Å². The minimum absolute atomic E-state index is 0.0447. The molecule has 0 atom stereocenters. The van der Waals surface area contributed by atoms with Crippen LogP contribution in [0, 0.1) is 11.2 Å². The molecule has 0 aliphatic heterocycles. The van der Waals surface area contributed by atoms with Gasteiger partial charge in [-0.15, -0.1) is 0 Å². The maximum Gasteiger partial charge on any atom is 0.254 e. The molecule has 0 fully saturated rings. The van der Waals surface area contributed by atoms with Gasteiger partial charge in [-0.3, -0.25) is 4.79 Å². The summed E-state index contributed by atoms with van der Waals surface area (Å²) in [5, 5.41) is 11.7. The van der Waals surface area contributed by atoms with Gasteiger partial charge in [0.1, 0.15) is 11.6 Å². The van der Waals surface area contributed by atoms with Gasteiger partial charge in [0, 0.05) is 12.6 Å². The average Bonchev–Trinajstić information content (AvgIpc) is 2.15. The van der Waals surface area contributed by atoms with Crippen molar-refractivity contribution in [3.8, 4) is 5.75 Å². The Labute approximate surface area is 101 Å². The lowest BCUT2D eigenvalue weighted by Gasteiger charge is -2.18. The number of hydrogen-bond acceptors (Lipinski definition) is 2. The van der Waals surface area contributed by atoms with Crippen LogP contribution in [0.2, 0.25) is 0 Å². The van der Waals surface area contributed by atoms with Crippen LogP contribution in [-0.2, 0) is 0 Å². The van der Waals surface area contributed by atoms with Gasteiger partial charge in [-0.2, -0.15) is 0 Å². The number of benzene rings is 1. The Bertz CT molecular complexity index is 410. The van der Waals surface area contributed by atoms with Crippen LogP contribution >= 0.6 is 0 Å². The number of hydrogen-bond donors (Lipinski definition) is 2. The Morgan fingerprint density at radius 1 is 1.41 bits per heavy atom. The number of phenolic OH excluding ortho intramolecular Hbond substituents is 1. The highest BCUT2D eigenvalue weighted by atomic mass is 19.1. The molecule has 94 valence electrons. The van der Waals surface area contributed by atoms with Crippen LogP contribution in [0.4, 0.5) is 4.39 Å². The minimum atomic E-state index is -0.710. The molecule has 0 aliphatic carbocycles. The monoisotopic (exact) mass is 239 g/mol. The van der Waals surface area contributed by atoms with Crippen molar-refractivity contribution >= 4 is 5.91 Å². The second-order valence-electron chi connectivity index (χ2n) is 5.23. The van der Waals surface area contributed by atoms with Crippen molar-refractivity contribution in [3.63, 3.8) is 0 Å². The van der Waals surface area contributed by atoms with Gasteiger partial charge in [0.25, 0.3) is 5.91 Å². The number of nitrogens with one attached hydrogen (secondary N) is 1. The molecule has 0 unspecified atom stereocenters. The summed E-state index contributed by atoms with van der Waals surface area (Å²) in [5.74, 6) is -1.35. The van der Waals surface area contributed by atoms with Crippen molar-refractivity contribution in [2.45, 2.75) is 27.2 Å². The van der Waals surface area contributed by atoms with E-state index in [1.807, 2.05) is 0 Å². The van der Waals surface area contributed by atoms with E-state index in [-0.39, 0.29) is 16.7 Å². The van der Waals surface area contributed by atoms with Gasteiger partial charge >= 0.3 is 0 Å². The van der Waals surface area contributed by atoms with Gasteiger partial charge < -0.3 is 10.4 Å². The van der Waals surface area contributed by atoms with Crippen LogP contribution in [0.1, 0.15) is 37.6 Å². The summed E-state index contributed by atoms with van der Waals surface area (Å²) in [6.07, 6.45) is 0.818. The molecule has 0 bridgehead atoms. The fraction of sp³-hybridized carbons (Fsp3) is 0.462. The van der Waals surface area contributed by atoms with Gasteiger partial charge in [-0.25, -0.2) is 4.39 Å². The molecule has 1 amide bonds. The van der Waals surface area contributed by atoms with Crippen LogP contribution in [0.15, 0.2) is 18.2 Å². The first-order valence-corrected chi connectivity index (χ1v) is 5.56. The normalized spacial score (nSPS) is 11.3. The van der Waals surface area contributed by atoms with E-state index in [1.165, 1.54) is 12.1 Å². The first kappa shape index (κ1) is 13.5. The van der Waals surface area contributed by atoms with Crippen molar-refractivity contribution in [1.82, 2.24) is 5.32 Å². The molecule has 2 N–H and O–H groups in total. The molecule has 0 saturated carbocycles. The molecule has 1 rings (SSSR count). The third-order valence-electron chi connectivity index (χ3n) is 2.36. The highest BCUT2D eigenvalue weighted by Crippen LogP contribution is 2.18. The zero-order valence-corrected chi connectivity index (χ0v) is 10.4. The standard InChI is InChI=1S/C13H18FNO2/c1-13(2,3)6-7-15-12(17)10-5-4-9(16)8-11(10)14/h4-5,8,16H,6-7H2,1-3H3,(H,15,17). The Morgan fingerprint density at radius 3 is 2.59 bits per heavy atom. The summed E-state index contributed by atoms with van der Waals surface area (Å²) in [7, 11) is 0. The number of phenols is 1. The highest BCUT2D eigenvalue weighted by molar-refractivity contribution is 5.94. The second-order valence-corrected chi connectivity index (χ2v) is 5.23. The lowest BCUT2D eigenvalue weighted by atomic mass is 9.92. The molecule has 1 aromatic rings. The lowest BCUT2D eigenvalue weighted by Crippen LogP contribution is -2.27. The summed E-state index contributed by atoms with van der Waals surface area (Å²) >= 11 is 0. The smallest absolute Gasteiger partial charge is 0.254 e. The second kappa shape index (κ2) is 5.17. The zero-order chi connectivity index (χ0) is 13.1. The summed E-state index contributed by atoms with van der Waals surface area (Å²) in [6, 6.07) is 3.50. The van der Waals surface area contributed by atoms with E-state index >= 15 is 0 Å². The summed E-state index contributed by atoms with van der Waals surface area (Å²) in [5.41, 5.74) is 0.0811. The molecule has 1 aromatic carbocycles. The Balaban J connectivity index is 2.59. The van der Waals surface area contributed by atoms with Gasteiger partial charge in [0.2, 0.25) is 0 Å². The molecular weight excluding hydrogens is 221 g/mol. The van der Waals surface area contributed by atoms with E-state index in [9.17, 15) is 9.18 Å². The maximum atomic E-state index is 13.3. The number of halogens is 1. The Kier molecular flexibility index (Phi) is 4.10. The number of carbonyl (C=O) groups is 1. The van der Waals surface area contributed by atoms with E-state index in [0.717, 1.165) is 12.5 Å². The molecular formula is C13H18FNO2. The van der Waals surface area contributed by atoms with Crippen molar-refractivity contribution in [2.24, 2.45) is 5.41 Å². The molecule has 3 nitrogen and oxygen atoms in total. The molecule has 0 saturated heterocycles. The largest absolute Gasteiger partial charge is 0.508 e. The number of rotatable bonds is 3. The van der Waals surface area contributed by atoms with Crippen LogP contribution in [0.25, 0.3) is 0 Å². The number of aromatic hydroxyl groups is 1. The highest BCUT2D eigenvalue weighted by Gasteiger charge is 2.14. The predicted octanol–water partition coefficient (Wildman–Crippen LogP) is 2.70. The Hall–Kier alpha value is -1.58. The van der Waals surface area contributed by atoms with Gasteiger partial charge in [0.15, 0.2) is 0 Å².